The zero-order valence-corrected chi connectivity index (χ0v) is 18.2. The molecule has 0 aliphatic heterocycles. The molecule has 0 saturated carbocycles. The van der Waals surface area contributed by atoms with Crippen LogP contribution in [0.1, 0.15) is 16.8 Å². The smallest absolute Gasteiger partial charge is 0.293 e. The molecule has 0 saturated heterocycles. The fraction of sp³-hybridized carbons (Fsp3) is 0.154. The molecule has 0 bridgehead atoms. The normalized spacial score (nSPS) is 10.7. The van der Waals surface area contributed by atoms with Crippen LogP contribution in [0.2, 0.25) is 0 Å². The Morgan fingerprint density at radius 2 is 1.55 bits per heavy atom. The monoisotopic (exact) mass is 444 g/mol. The van der Waals surface area contributed by atoms with E-state index in [4.69, 9.17) is 9.47 Å². The Morgan fingerprint density at radius 1 is 0.909 bits per heavy atom. The average Bonchev–Trinajstić information content (AvgIpc) is 2.84. The summed E-state index contributed by atoms with van der Waals surface area (Å²) >= 11 is 0. The van der Waals surface area contributed by atoms with Crippen LogP contribution in [0.3, 0.4) is 0 Å². The van der Waals surface area contributed by atoms with Crippen LogP contribution in [0.5, 0.6) is 23.0 Å². The Morgan fingerprint density at radius 3 is 2.30 bits per heavy atom. The molecule has 0 atom stereocenters. The molecule has 0 aliphatic carbocycles. The van der Waals surface area contributed by atoms with Crippen molar-refractivity contribution in [1.29, 1.82) is 0 Å². The van der Waals surface area contributed by atoms with Crippen molar-refractivity contribution in [1.82, 2.24) is 9.88 Å². The van der Waals surface area contributed by atoms with E-state index in [2.05, 4.69) is 5.32 Å². The first-order valence-electron chi connectivity index (χ1n) is 10.6. The largest absolute Gasteiger partial charge is 0.502 e. The number of amides is 1. The Bertz CT molecular complexity index is 1310. The number of carbonyl (C=O) groups is 1. The molecule has 1 heterocycles. The van der Waals surface area contributed by atoms with Gasteiger partial charge >= 0.3 is 0 Å². The number of carbonyl (C=O) groups excluding carboxylic acids is 1. The number of hydrogen-bond donors (Lipinski definition) is 2. The number of hydrogen-bond acceptors (Lipinski definition) is 5. The van der Waals surface area contributed by atoms with Gasteiger partial charge in [-0.3, -0.25) is 9.59 Å². The number of aromatic nitrogens is 1. The quantitative estimate of drug-likeness (QED) is 0.397. The Hall–Kier alpha value is -4.26. The lowest BCUT2D eigenvalue weighted by Gasteiger charge is -2.13. The molecule has 7 heteroatoms. The van der Waals surface area contributed by atoms with Gasteiger partial charge in [-0.1, -0.05) is 36.4 Å². The van der Waals surface area contributed by atoms with E-state index in [1.807, 2.05) is 54.6 Å². The van der Waals surface area contributed by atoms with Crippen LogP contribution in [0, 0.1) is 0 Å². The summed E-state index contributed by atoms with van der Waals surface area (Å²) < 4.78 is 12.8. The van der Waals surface area contributed by atoms with E-state index in [9.17, 15) is 14.7 Å². The van der Waals surface area contributed by atoms with E-state index >= 15 is 0 Å². The van der Waals surface area contributed by atoms with Crippen molar-refractivity contribution < 1.29 is 19.4 Å². The van der Waals surface area contributed by atoms with E-state index in [1.165, 1.54) is 4.57 Å². The molecule has 3 aromatic carbocycles. The van der Waals surface area contributed by atoms with Gasteiger partial charge in [-0.25, -0.2) is 0 Å². The molecule has 7 nitrogen and oxygen atoms in total. The van der Waals surface area contributed by atoms with Gasteiger partial charge < -0.3 is 24.5 Å². The van der Waals surface area contributed by atoms with E-state index in [0.29, 0.717) is 42.0 Å². The van der Waals surface area contributed by atoms with Gasteiger partial charge in [-0.15, -0.1) is 0 Å². The van der Waals surface area contributed by atoms with Gasteiger partial charge in [0.25, 0.3) is 11.5 Å². The van der Waals surface area contributed by atoms with Gasteiger partial charge in [-0.2, -0.15) is 0 Å². The van der Waals surface area contributed by atoms with Crippen LogP contribution < -0.4 is 20.3 Å². The number of para-hydroxylation sites is 2. The summed E-state index contributed by atoms with van der Waals surface area (Å²) in [6, 6.07) is 23.8. The number of nitrogens with one attached hydrogen (secondary N) is 1. The lowest BCUT2D eigenvalue weighted by molar-refractivity contribution is 0.0950. The summed E-state index contributed by atoms with van der Waals surface area (Å²) in [5, 5.41) is 13.6. The first kappa shape index (κ1) is 22.0. The van der Waals surface area contributed by atoms with Gasteiger partial charge in [0.15, 0.2) is 5.75 Å². The maximum atomic E-state index is 12.7. The van der Waals surface area contributed by atoms with Gasteiger partial charge in [0, 0.05) is 19.0 Å². The summed E-state index contributed by atoms with van der Waals surface area (Å²) in [7, 11) is 1.56. The lowest BCUT2D eigenvalue weighted by atomic mass is 10.1. The topological polar surface area (TPSA) is 89.8 Å². The van der Waals surface area contributed by atoms with E-state index in [1.54, 1.807) is 31.3 Å². The van der Waals surface area contributed by atoms with Crippen molar-refractivity contribution in [2.24, 2.45) is 7.05 Å². The van der Waals surface area contributed by atoms with Crippen molar-refractivity contribution in [3.63, 3.8) is 0 Å². The summed E-state index contributed by atoms with van der Waals surface area (Å²) in [5.41, 5.74) is -0.0426. The highest BCUT2D eigenvalue weighted by Gasteiger charge is 2.20. The minimum atomic E-state index is -0.609. The predicted octanol–water partition coefficient (Wildman–Crippen LogP) is 4.24. The number of aromatic hydroxyl groups is 1. The van der Waals surface area contributed by atoms with Crippen LogP contribution in [0.25, 0.3) is 10.9 Å². The van der Waals surface area contributed by atoms with Gasteiger partial charge in [0.05, 0.1) is 17.7 Å². The summed E-state index contributed by atoms with van der Waals surface area (Å²) in [5.74, 6) is 1.11. The van der Waals surface area contributed by atoms with E-state index in [-0.39, 0.29) is 5.56 Å². The molecular formula is C26H24N2O5. The summed E-state index contributed by atoms with van der Waals surface area (Å²) in [6.45, 7) is 0.722. The van der Waals surface area contributed by atoms with Gasteiger partial charge in [0.2, 0.25) is 0 Å². The van der Waals surface area contributed by atoms with E-state index < -0.39 is 17.2 Å². The molecule has 33 heavy (non-hydrogen) atoms. The number of fused-ring (bicyclic) bond motifs is 1. The van der Waals surface area contributed by atoms with Crippen LogP contribution in [-0.2, 0) is 7.05 Å². The molecule has 1 aromatic heterocycles. The molecule has 4 rings (SSSR count). The average molecular weight is 444 g/mol. The highest BCUT2D eigenvalue weighted by molar-refractivity contribution is 6.08. The summed E-state index contributed by atoms with van der Waals surface area (Å²) in [4.78, 5) is 25.0. The zero-order chi connectivity index (χ0) is 23.2. The Kier molecular flexibility index (Phi) is 6.59. The predicted molar refractivity (Wildman–Crippen MR) is 126 cm³/mol. The first-order chi connectivity index (χ1) is 16.0. The molecule has 1 amide bonds. The minimum Gasteiger partial charge on any atom is -0.502 e. The zero-order valence-electron chi connectivity index (χ0n) is 18.2. The summed E-state index contributed by atoms with van der Waals surface area (Å²) in [6.07, 6.45) is 0.553. The number of pyridine rings is 1. The second-order valence-corrected chi connectivity index (χ2v) is 7.45. The molecule has 2 N–H and O–H groups in total. The number of ether oxygens (including phenoxy) is 2. The molecule has 0 spiro atoms. The molecule has 0 aliphatic rings. The van der Waals surface area contributed by atoms with Crippen LogP contribution in [0.4, 0.5) is 0 Å². The third kappa shape index (κ3) is 4.98. The molecular weight excluding hydrogens is 420 g/mol. The Balaban J connectivity index is 1.29. The Labute approximate surface area is 190 Å². The highest BCUT2D eigenvalue weighted by Crippen LogP contribution is 2.24. The van der Waals surface area contributed by atoms with Gasteiger partial charge in [0.1, 0.15) is 17.2 Å². The van der Waals surface area contributed by atoms with Crippen LogP contribution in [-0.4, -0.2) is 28.7 Å². The number of aryl methyl sites for hydroxylation is 1. The van der Waals surface area contributed by atoms with Crippen molar-refractivity contribution in [2.75, 3.05) is 13.2 Å². The first-order valence-corrected chi connectivity index (χ1v) is 10.6. The van der Waals surface area contributed by atoms with Crippen LogP contribution >= 0.6 is 0 Å². The molecule has 4 aromatic rings. The third-order valence-corrected chi connectivity index (χ3v) is 5.18. The van der Waals surface area contributed by atoms with Crippen molar-refractivity contribution in [2.45, 2.75) is 6.42 Å². The molecule has 0 radical (unpaired) electrons. The third-order valence-electron chi connectivity index (χ3n) is 5.18. The minimum absolute atomic E-state index is 0.0105. The van der Waals surface area contributed by atoms with Crippen molar-refractivity contribution >= 4 is 16.8 Å². The van der Waals surface area contributed by atoms with Crippen molar-refractivity contribution in [3.8, 4) is 23.0 Å². The second-order valence-electron chi connectivity index (χ2n) is 7.45. The molecule has 0 fully saturated rings. The lowest BCUT2D eigenvalue weighted by Crippen LogP contribution is -2.28. The maximum Gasteiger partial charge on any atom is 0.293 e. The fourth-order valence-electron chi connectivity index (χ4n) is 3.49. The second kappa shape index (κ2) is 9.91. The fourth-order valence-corrected chi connectivity index (χ4v) is 3.49. The van der Waals surface area contributed by atoms with Gasteiger partial charge in [-0.05, 0) is 48.9 Å². The van der Waals surface area contributed by atoms with Crippen molar-refractivity contribution in [3.05, 3.63) is 94.8 Å². The number of rotatable bonds is 8. The highest BCUT2D eigenvalue weighted by atomic mass is 16.5. The maximum absolute atomic E-state index is 12.7. The SMILES string of the molecule is Cn1c(=O)c(O)c(C(=O)NCCCOc2ccc(Oc3ccccc3)cc2)c2ccccc21. The van der Waals surface area contributed by atoms with E-state index in [0.717, 1.165) is 5.75 Å². The standard InChI is InChI=1S/C26H24N2O5/c1-28-22-11-6-5-10-21(22)23(24(29)26(28)31)25(30)27-16-7-17-32-18-12-14-20(15-13-18)33-19-8-3-2-4-9-19/h2-6,8-15,29H,7,16-17H2,1H3,(H,27,30). The number of benzene rings is 3. The molecule has 168 valence electrons. The number of nitrogens with zero attached hydrogens (tertiary/aromatic N) is 1. The van der Waals surface area contributed by atoms with Crippen LogP contribution in [0.15, 0.2) is 83.7 Å². The molecule has 0 unspecified atom stereocenters.